The molecule has 0 aliphatic heterocycles. The normalized spacial score (nSPS) is 11.9. The average Bonchev–Trinajstić information content (AvgIpc) is 2.58. The summed E-state index contributed by atoms with van der Waals surface area (Å²) in [6.45, 7) is 0.411. The maximum absolute atomic E-state index is 10.9. The number of halogens is 1. The predicted octanol–water partition coefficient (Wildman–Crippen LogP) is 3.81. The van der Waals surface area contributed by atoms with E-state index in [1.165, 1.54) is 12.1 Å². The number of nitrogens with zero attached hydrogens (tertiary/aromatic N) is 1. The highest BCUT2D eigenvalue weighted by molar-refractivity contribution is 6.31. The van der Waals surface area contributed by atoms with Gasteiger partial charge in [-0.1, -0.05) is 41.9 Å². The molecule has 25 heavy (non-hydrogen) atoms. The standard InChI is InChI=1S/C18H19ClN2O4/c19-17-11-16(21(24)25)8-6-14(17)12-20-15(7-9-18(22)23)10-13-4-2-1-3-5-13/h1-6,8,11,15,20H,7,9-10,12H2,(H,22,23). The largest absolute Gasteiger partial charge is 0.481 e. The molecule has 0 fully saturated rings. The van der Waals surface area contributed by atoms with Crippen LogP contribution in [-0.4, -0.2) is 22.0 Å². The first kappa shape index (κ1) is 18.9. The van der Waals surface area contributed by atoms with E-state index in [1.54, 1.807) is 6.07 Å². The molecule has 2 aromatic rings. The van der Waals surface area contributed by atoms with Crippen LogP contribution in [0, 0.1) is 10.1 Å². The van der Waals surface area contributed by atoms with Gasteiger partial charge in [-0.15, -0.1) is 0 Å². The third kappa shape index (κ3) is 6.17. The second-order valence-corrected chi connectivity index (χ2v) is 6.14. The number of nitrogens with one attached hydrogen (secondary N) is 1. The van der Waals surface area contributed by atoms with E-state index in [4.69, 9.17) is 16.7 Å². The lowest BCUT2D eigenvalue weighted by atomic mass is 10.0. The molecular formula is C18H19ClN2O4. The van der Waals surface area contributed by atoms with Gasteiger partial charge in [0.05, 0.1) is 9.95 Å². The van der Waals surface area contributed by atoms with Crippen LogP contribution in [0.15, 0.2) is 48.5 Å². The molecule has 0 aliphatic rings. The van der Waals surface area contributed by atoms with Crippen molar-refractivity contribution >= 4 is 23.3 Å². The van der Waals surface area contributed by atoms with E-state index in [-0.39, 0.29) is 18.2 Å². The minimum absolute atomic E-state index is 0.0373. The number of carboxylic acid groups (broad SMARTS) is 1. The van der Waals surface area contributed by atoms with Gasteiger partial charge in [-0.25, -0.2) is 0 Å². The molecule has 0 saturated carbocycles. The molecule has 6 nitrogen and oxygen atoms in total. The highest BCUT2D eigenvalue weighted by Crippen LogP contribution is 2.22. The second-order valence-electron chi connectivity index (χ2n) is 5.73. The number of carboxylic acids is 1. The number of benzene rings is 2. The van der Waals surface area contributed by atoms with Crippen LogP contribution in [0.25, 0.3) is 0 Å². The molecule has 7 heteroatoms. The van der Waals surface area contributed by atoms with Crippen molar-refractivity contribution in [1.29, 1.82) is 0 Å². The third-order valence-electron chi connectivity index (χ3n) is 3.86. The first-order valence-corrected chi connectivity index (χ1v) is 8.25. The summed E-state index contributed by atoms with van der Waals surface area (Å²) < 4.78 is 0. The maximum Gasteiger partial charge on any atom is 0.303 e. The lowest BCUT2D eigenvalue weighted by molar-refractivity contribution is -0.384. The van der Waals surface area contributed by atoms with Crippen LogP contribution < -0.4 is 5.32 Å². The molecule has 0 bridgehead atoms. The van der Waals surface area contributed by atoms with Gasteiger partial charge in [0.2, 0.25) is 0 Å². The van der Waals surface area contributed by atoms with Crippen LogP contribution in [0.5, 0.6) is 0 Å². The van der Waals surface area contributed by atoms with Crippen molar-refractivity contribution in [2.45, 2.75) is 31.8 Å². The fourth-order valence-corrected chi connectivity index (χ4v) is 2.76. The second kappa shape index (κ2) is 9.15. The van der Waals surface area contributed by atoms with Gasteiger partial charge in [-0.3, -0.25) is 14.9 Å². The fraction of sp³-hybridized carbons (Fsp3) is 0.278. The minimum atomic E-state index is -0.840. The van der Waals surface area contributed by atoms with E-state index >= 15 is 0 Å². The van der Waals surface area contributed by atoms with Crippen molar-refractivity contribution in [2.75, 3.05) is 0 Å². The van der Waals surface area contributed by atoms with Crippen molar-refractivity contribution in [2.24, 2.45) is 0 Å². The summed E-state index contributed by atoms with van der Waals surface area (Å²) in [5.41, 5.74) is 1.79. The van der Waals surface area contributed by atoms with Gasteiger partial charge >= 0.3 is 5.97 Å². The van der Waals surface area contributed by atoms with Crippen molar-refractivity contribution in [3.63, 3.8) is 0 Å². The zero-order chi connectivity index (χ0) is 18.2. The lowest BCUT2D eigenvalue weighted by Gasteiger charge is -2.19. The van der Waals surface area contributed by atoms with Crippen molar-refractivity contribution < 1.29 is 14.8 Å². The summed E-state index contributed by atoms with van der Waals surface area (Å²) in [5.74, 6) is -0.840. The Morgan fingerprint density at radius 2 is 1.96 bits per heavy atom. The summed E-state index contributed by atoms with van der Waals surface area (Å²) in [6, 6.07) is 14.1. The Hall–Kier alpha value is -2.44. The Labute approximate surface area is 150 Å². The summed E-state index contributed by atoms with van der Waals surface area (Å²) >= 11 is 6.11. The first-order valence-electron chi connectivity index (χ1n) is 7.87. The molecule has 132 valence electrons. The van der Waals surface area contributed by atoms with Gasteiger partial charge in [0.25, 0.3) is 5.69 Å². The minimum Gasteiger partial charge on any atom is -0.481 e. The number of nitro benzene ring substituents is 1. The quantitative estimate of drug-likeness (QED) is 0.522. The Kier molecular flexibility index (Phi) is 6.91. The smallest absolute Gasteiger partial charge is 0.303 e. The number of carbonyl (C=O) groups is 1. The topological polar surface area (TPSA) is 92.5 Å². The van der Waals surface area contributed by atoms with Crippen molar-refractivity contribution in [3.05, 3.63) is 74.8 Å². The van der Waals surface area contributed by atoms with Gasteiger partial charge < -0.3 is 10.4 Å². The highest BCUT2D eigenvalue weighted by atomic mass is 35.5. The fourth-order valence-electron chi connectivity index (χ4n) is 2.52. The van der Waals surface area contributed by atoms with E-state index in [1.807, 2.05) is 30.3 Å². The van der Waals surface area contributed by atoms with Crippen molar-refractivity contribution in [1.82, 2.24) is 5.32 Å². The van der Waals surface area contributed by atoms with Crippen LogP contribution >= 0.6 is 11.6 Å². The van der Waals surface area contributed by atoms with Gasteiger partial charge in [0.1, 0.15) is 0 Å². The molecule has 0 aliphatic carbocycles. The molecule has 0 radical (unpaired) electrons. The molecule has 0 spiro atoms. The Morgan fingerprint density at radius 1 is 1.24 bits per heavy atom. The number of nitro groups is 1. The molecule has 0 amide bonds. The first-order chi connectivity index (χ1) is 12.0. The van der Waals surface area contributed by atoms with Crippen LogP contribution in [0.3, 0.4) is 0 Å². The third-order valence-corrected chi connectivity index (χ3v) is 4.21. The molecule has 2 rings (SSSR count). The zero-order valence-electron chi connectivity index (χ0n) is 13.5. The lowest BCUT2D eigenvalue weighted by Crippen LogP contribution is -2.31. The van der Waals surface area contributed by atoms with Crippen molar-refractivity contribution in [3.8, 4) is 0 Å². The summed E-state index contributed by atoms with van der Waals surface area (Å²) in [7, 11) is 0. The maximum atomic E-state index is 10.9. The zero-order valence-corrected chi connectivity index (χ0v) is 14.3. The van der Waals surface area contributed by atoms with E-state index < -0.39 is 10.9 Å². The number of rotatable bonds is 9. The molecule has 0 heterocycles. The van der Waals surface area contributed by atoms with Gasteiger partial charge in [-0.05, 0) is 30.0 Å². The monoisotopic (exact) mass is 362 g/mol. The van der Waals surface area contributed by atoms with E-state index in [9.17, 15) is 14.9 Å². The van der Waals surface area contributed by atoms with Crippen LogP contribution in [-0.2, 0) is 17.8 Å². The molecule has 2 aromatic carbocycles. The Balaban J connectivity index is 2.03. The highest BCUT2D eigenvalue weighted by Gasteiger charge is 2.14. The van der Waals surface area contributed by atoms with Crippen LogP contribution in [0.1, 0.15) is 24.0 Å². The molecule has 1 atom stereocenters. The number of hydrogen-bond acceptors (Lipinski definition) is 4. The van der Waals surface area contributed by atoms with E-state index in [0.29, 0.717) is 24.4 Å². The molecule has 2 N–H and O–H groups in total. The predicted molar refractivity (Wildman–Crippen MR) is 95.7 cm³/mol. The number of aliphatic carboxylic acids is 1. The Morgan fingerprint density at radius 3 is 2.56 bits per heavy atom. The van der Waals surface area contributed by atoms with Gasteiger partial charge in [0.15, 0.2) is 0 Å². The van der Waals surface area contributed by atoms with Gasteiger partial charge in [-0.2, -0.15) is 0 Å². The summed E-state index contributed by atoms with van der Waals surface area (Å²) in [5, 5.41) is 23.3. The average molecular weight is 363 g/mol. The molecule has 1 unspecified atom stereocenters. The van der Waals surface area contributed by atoms with E-state index in [2.05, 4.69) is 5.32 Å². The Bertz CT molecular complexity index is 737. The van der Waals surface area contributed by atoms with Crippen LogP contribution in [0.4, 0.5) is 5.69 Å². The van der Waals surface area contributed by atoms with E-state index in [0.717, 1.165) is 11.1 Å². The summed E-state index contributed by atoms with van der Waals surface area (Å²) in [6.07, 6.45) is 1.24. The number of hydrogen-bond donors (Lipinski definition) is 2. The van der Waals surface area contributed by atoms with Gasteiger partial charge in [0, 0.05) is 31.1 Å². The molecule has 0 aromatic heterocycles. The number of non-ortho nitro benzene ring substituents is 1. The summed E-state index contributed by atoms with van der Waals surface area (Å²) in [4.78, 5) is 21.1. The molecule has 0 saturated heterocycles. The molecular weight excluding hydrogens is 344 g/mol. The van der Waals surface area contributed by atoms with Crippen LogP contribution in [0.2, 0.25) is 5.02 Å². The SMILES string of the molecule is O=C(O)CCC(Cc1ccccc1)NCc1ccc([N+](=O)[O-])cc1Cl.